The van der Waals surface area contributed by atoms with E-state index < -0.39 is 11.9 Å². The van der Waals surface area contributed by atoms with Crippen molar-refractivity contribution in [2.75, 3.05) is 18.5 Å². The third-order valence-corrected chi connectivity index (χ3v) is 7.25. The number of esters is 1. The number of amides is 3. The third kappa shape index (κ3) is 4.83. The fraction of sp³-hybridized carbons (Fsp3) is 0.417. The lowest BCUT2D eigenvalue weighted by molar-refractivity contribution is -0.140. The number of benzene rings is 1. The number of imide groups is 1. The molecule has 2 heterocycles. The lowest BCUT2D eigenvalue weighted by atomic mass is 9.81. The highest BCUT2D eigenvalue weighted by molar-refractivity contribution is 7.18. The topological polar surface area (TPSA) is 92.8 Å². The predicted octanol–water partition coefficient (Wildman–Crippen LogP) is 4.23. The maximum absolute atomic E-state index is 13.3. The highest BCUT2D eigenvalue weighted by atomic mass is 32.1. The SMILES string of the molecule is CCOC(=O)c1sc(-c2ccc(F)cc2)cc1NC(=O)CCN1C(=O)C2CCCCC2C1=O. The maximum atomic E-state index is 13.3. The second-order valence-corrected chi connectivity index (χ2v) is 9.26. The summed E-state index contributed by atoms with van der Waals surface area (Å²) in [6, 6.07) is 7.46. The minimum Gasteiger partial charge on any atom is -0.462 e. The van der Waals surface area contributed by atoms with Crippen molar-refractivity contribution in [3.63, 3.8) is 0 Å². The van der Waals surface area contributed by atoms with Crippen molar-refractivity contribution < 1.29 is 28.3 Å². The Morgan fingerprint density at radius 2 is 1.76 bits per heavy atom. The first-order valence-corrected chi connectivity index (χ1v) is 11.9. The molecule has 2 atom stereocenters. The van der Waals surface area contributed by atoms with Gasteiger partial charge in [0, 0.05) is 17.8 Å². The number of nitrogens with one attached hydrogen (secondary N) is 1. The van der Waals surface area contributed by atoms with Crippen LogP contribution in [0.3, 0.4) is 0 Å². The van der Waals surface area contributed by atoms with Crippen molar-refractivity contribution in [3.05, 3.63) is 41.0 Å². The highest BCUT2D eigenvalue weighted by Crippen LogP contribution is 2.38. The van der Waals surface area contributed by atoms with Crippen LogP contribution in [0.4, 0.5) is 10.1 Å². The van der Waals surface area contributed by atoms with Gasteiger partial charge < -0.3 is 10.1 Å². The molecule has 1 aliphatic heterocycles. The minimum absolute atomic E-state index is 0.0141. The molecular formula is C24H25FN2O5S. The van der Waals surface area contributed by atoms with Crippen LogP contribution in [0.25, 0.3) is 10.4 Å². The van der Waals surface area contributed by atoms with Crippen molar-refractivity contribution in [1.82, 2.24) is 4.90 Å². The summed E-state index contributed by atoms with van der Waals surface area (Å²) in [6.45, 7) is 1.88. The summed E-state index contributed by atoms with van der Waals surface area (Å²) in [4.78, 5) is 52.4. The normalized spacial score (nSPS) is 20.0. The fourth-order valence-corrected chi connectivity index (χ4v) is 5.48. The fourth-order valence-electron chi connectivity index (χ4n) is 4.47. The summed E-state index contributed by atoms with van der Waals surface area (Å²) < 4.78 is 18.4. The van der Waals surface area contributed by atoms with Crippen LogP contribution >= 0.6 is 11.3 Å². The average Bonchev–Trinajstić information content (AvgIpc) is 3.33. The first-order valence-electron chi connectivity index (χ1n) is 11.1. The summed E-state index contributed by atoms with van der Waals surface area (Å²) >= 11 is 1.14. The van der Waals surface area contributed by atoms with E-state index in [1.54, 1.807) is 25.1 Å². The van der Waals surface area contributed by atoms with Gasteiger partial charge in [-0.05, 0) is 43.5 Å². The third-order valence-electron chi connectivity index (χ3n) is 6.09. The van der Waals surface area contributed by atoms with Crippen LogP contribution in [0.5, 0.6) is 0 Å². The van der Waals surface area contributed by atoms with Crippen LogP contribution in [0.2, 0.25) is 0 Å². The molecule has 174 valence electrons. The van der Waals surface area contributed by atoms with Crippen LogP contribution < -0.4 is 5.32 Å². The van der Waals surface area contributed by atoms with Gasteiger partial charge in [0.25, 0.3) is 0 Å². The van der Waals surface area contributed by atoms with Crippen LogP contribution in [0, 0.1) is 17.7 Å². The largest absolute Gasteiger partial charge is 0.462 e. The van der Waals surface area contributed by atoms with Gasteiger partial charge in [0.1, 0.15) is 10.7 Å². The molecule has 2 fully saturated rings. The maximum Gasteiger partial charge on any atom is 0.350 e. The van der Waals surface area contributed by atoms with E-state index in [0.717, 1.165) is 37.0 Å². The molecule has 2 aliphatic rings. The van der Waals surface area contributed by atoms with Crippen molar-refractivity contribution in [2.45, 2.75) is 39.0 Å². The molecule has 1 N–H and O–H groups in total. The number of hydrogen-bond acceptors (Lipinski definition) is 6. The van der Waals surface area contributed by atoms with E-state index >= 15 is 0 Å². The van der Waals surface area contributed by atoms with Gasteiger partial charge in [0.2, 0.25) is 17.7 Å². The van der Waals surface area contributed by atoms with Crippen LogP contribution in [0.15, 0.2) is 30.3 Å². The Balaban J connectivity index is 1.46. The second-order valence-electron chi connectivity index (χ2n) is 8.20. The molecule has 3 amide bonds. The van der Waals surface area contributed by atoms with E-state index in [1.807, 2.05) is 0 Å². The smallest absolute Gasteiger partial charge is 0.350 e. The van der Waals surface area contributed by atoms with Gasteiger partial charge in [-0.15, -0.1) is 11.3 Å². The van der Waals surface area contributed by atoms with Crippen LogP contribution in [-0.2, 0) is 19.1 Å². The summed E-state index contributed by atoms with van der Waals surface area (Å²) in [5.41, 5.74) is 0.985. The Morgan fingerprint density at radius 1 is 1.12 bits per heavy atom. The van der Waals surface area contributed by atoms with Gasteiger partial charge in [0.05, 0.1) is 24.1 Å². The Hall–Kier alpha value is -3.07. The van der Waals surface area contributed by atoms with Crippen molar-refractivity contribution in [1.29, 1.82) is 0 Å². The number of likely N-dealkylation sites (tertiary alicyclic amines) is 1. The molecule has 2 unspecified atom stereocenters. The highest BCUT2D eigenvalue weighted by Gasteiger charge is 2.47. The molecular weight excluding hydrogens is 447 g/mol. The molecule has 1 saturated heterocycles. The van der Waals surface area contributed by atoms with E-state index in [2.05, 4.69) is 5.32 Å². The molecule has 7 nitrogen and oxygen atoms in total. The van der Waals surface area contributed by atoms with Gasteiger partial charge in [0.15, 0.2) is 0 Å². The molecule has 1 aromatic carbocycles. The summed E-state index contributed by atoms with van der Waals surface area (Å²) in [7, 11) is 0. The molecule has 0 spiro atoms. The van der Waals surface area contributed by atoms with E-state index in [4.69, 9.17) is 4.74 Å². The van der Waals surface area contributed by atoms with Gasteiger partial charge in [-0.3, -0.25) is 19.3 Å². The van der Waals surface area contributed by atoms with Crippen molar-refractivity contribution in [3.8, 4) is 10.4 Å². The zero-order chi connectivity index (χ0) is 23.5. The Bertz CT molecular complexity index is 1060. The average molecular weight is 473 g/mol. The van der Waals surface area contributed by atoms with Crippen LogP contribution in [-0.4, -0.2) is 41.7 Å². The number of ether oxygens (including phenoxy) is 1. The lowest BCUT2D eigenvalue weighted by Crippen LogP contribution is -2.34. The minimum atomic E-state index is -0.569. The van der Waals surface area contributed by atoms with E-state index in [1.165, 1.54) is 17.0 Å². The molecule has 0 radical (unpaired) electrons. The monoisotopic (exact) mass is 472 g/mol. The molecule has 4 rings (SSSR count). The van der Waals surface area contributed by atoms with Crippen molar-refractivity contribution in [2.24, 2.45) is 11.8 Å². The first kappa shape index (κ1) is 23.1. The molecule has 33 heavy (non-hydrogen) atoms. The number of halogens is 1. The molecule has 2 aromatic rings. The first-order chi connectivity index (χ1) is 15.9. The Kier molecular flexibility index (Phi) is 6.88. The lowest BCUT2D eigenvalue weighted by Gasteiger charge is -2.19. The molecule has 1 aliphatic carbocycles. The number of carbonyl (C=O) groups is 4. The number of nitrogens with zero attached hydrogens (tertiary/aromatic N) is 1. The zero-order valence-corrected chi connectivity index (χ0v) is 19.1. The Labute approximate surface area is 194 Å². The molecule has 0 bridgehead atoms. The number of fused-ring (bicyclic) bond motifs is 1. The predicted molar refractivity (Wildman–Crippen MR) is 121 cm³/mol. The van der Waals surface area contributed by atoms with Crippen LogP contribution in [0.1, 0.15) is 48.7 Å². The standard InChI is InChI=1S/C24H25FN2O5S/c1-2-32-24(31)21-18(13-19(33-21)14-7-9-15(25)10-8-14)26-20(28)11-12-27-22(29)16-5-3-4-6-17(16)23(27)30/h7-10,13,16-17H,2-6,11-12H2,1H3,(H,26,28). The zero-order valence-electron chi connectivity index (χ0n) is 18.3. The van der Waals surface area contributed by atoms with E-state index in [0.29, 0.717) is 10.4 Å². The van der Waals surface area contributed by atoms with Gasteiger partial charge in [-0.2, -0.15) is 0 Å². The summed E-state index contributed by atoms with van der Waals surface area (Å²) in [6.07, 6.45) is 3.27. The van der Waals surface area contributed by atoms with Crippen molar-refractivity contribution >= 4 is 40.7 Å². The number of carbonyl (C=O) groups excluding carboxylic acids is 4. The van der Waals surface area contributed by atoms with Gasteiger partial charge in [-0.1, -0.05) is 25.0 Å². The quantitative estimate of drug-likeness (QED) is 0.481. The second kappa shape index (κ2) is 9.82. The summed E-state index contributed by atoms with van der Waals surface area (Å²) in [5.74, 6) is -2.22. The number of anilines is 1. The van der Waals surface area contributed by atoms with E-state index in [-0.39, 0.29) is 59.6 Å². The number of rotatable bonds is 7. The molecule has 9 heteroatoms. The van der Waals surface area contributed by atoms with Gasteiger partial charge in [-0.25, -0.2) is 9.18 Å². The Morgan fingerprint density at radius 3 is 2.36 bits per heavy atom. The summed E-state index contributed by atoms with van der Waals surface area (Å²) in [5, 5.41) is 2.72. The number of thiophene rings is 1. The molecule has 1 saturated carbocycles. The van der Waals surface area contributed by atoms with E-state index in [9.17, 15) is 23.6 Å². The molecule has 1 aromatic heterocycles. The van der Waals surface area contributed by atoms with Gasteiger partial charge >= 0.3 is 5.97 Å². The number of hydrogen-bond donors (Lipinski definition) is 1.